The number of benzene rings is 3. The van der Waals surface area contributed by atoms with Crippen LogP contribution in [0.4, 0.5) is 0 Å². The summed E-state index contributed by atoms with van der Waals surface area (Å²) in [4.78, 5) is 15.2. The van der Waals surface area contributed by atoms with Crippen LogP contribution in [0.15, 0.2) is 96.3 Å². The fourth-order valence-corrected chi connectivity index (χ4v) is 6.12. The molecule has 2 heterocycles. The molecule has 5 aromatic rings. The van der Waals surface area contributed by atoms with Crippen LogP contribution < -0.4 is 0 Å². The van der Waals surface area contributed by atoms with Gasteiger partial charge in [0.1, 0.15) is 9.84 Å². The first-order valence-electron chi connectivity index (χ1n) is 11.9. The van der Waals surface area contributed by atoms with Gasteiger partial charge in [-0.05, 0) is 59.7 Å². The zero-order valence-electron chi connectivity index (χ0n) is 20.9. The van der Waals surface area contributed by atoms with E-state index in [9.17, 15) is 8.42 Å². The molecular weight excluding hydrogens is 498 g/mol. The summed E-state index contributed by atoms with van der Waals surface area (Å²) in [5.41, 5.74) is 7.39. The van der Waals surface area contributed by atoms with Crippen LogP contribution in [-0.2, 0) is 9.84 Å². The molecule has 0 radical (unpaired) electrons. The van der Waals surface area contributed by atoms with Crippen molar-refractivity contribution in [3.8, 4) is 33.6 Å². The second kappa shape index (κ2) is 10.4. The van der Waals surface area contributed by atoms with Crippen LogP contribution in [0.5, 0.6) is 0 Å². The first kappa shape index (κ1) is 25.1. The van der Waals surface area contributed by atoms with E-state index in [0.29, 0.717) is 0 Å². The molecular formula is C30H27N3O2S2. The number of aromatic nitrogens is 3. The largest absolute Gasteiger partial charge is 0.256 e. The Hall–Kier alpha value is -3.55. The van der Waals surface area contributed by atoms with Gasteiger partial charge in [-0.2, -0.15) is 0 Å². The lowest BCUT2D eigenvalue weighted by atomic mass is 9.92. The van der Waals surface area contributed by atoms with Gasteiger partial charge in [-0.25, -0.2) is 8.42 Å². The molecule has 0 aliphatic heterocycles. The van der Waals surface area contributed by atoms with E-state index in [0.717, 1.165) is 50.1 Å². The van der Waals surface area contributed by atoms with E-state index >= 15 is 0 Å². The third-order valence-electron chi connectivity index (χ3n) is 6.36. The van der Waals surface area contributed by atoms with Crippen LogP contribution in [0.2, 0.25) is 0 Å². The highest BCUT2D eigenvalue weighted by Crippen LogP contribution is 2.35. The average molecular weight is 526 g/mol. The molecule has 0 N–H and O–H groups in total. The molecule has 0 aliphatic carbocycles. The Balaban J connectivity index is 1.63. The van der Waals surface area contributed by atoms with Gasteiger partial charge >= 0.3 is 0 Å². The van der Waals surface area contributed by atoms with Crippen molar-refractivity contribution in [3.63, 3.8) is 0 Å². The lowest BCUT2D eigenvalue weighted by Crippen LogP contribution is -2.10. The minimum Gasteiger partial charge on any atom is -0.256 e. The second-order valence-electron chi connectivity index (χ2n) is 9.20. The van der Waals surface area contributed by atoms with E-state index in [1.807, 2.05) is 37.3 Å². The maximum Gasteiger partial charge on any atom is 0.148 e. The predicted octanol–water partition coefficient (Wildman–Crippen LogP) is 6.90. The van der Waals surface area contributed by atoms with Crippen LogP contribution in [0.1, 0.15) is 18.4 Å². The molecule has 1 unspecified atom stereocenters. The average Bonchev–Trinajstić information content (AvgIpc) is 2.91. The Labute approximate surface area is 222 Å². The maximum absolute atomic E-state index is 12.0. The van der Waals surface area contributed by atoms with Crippen LogP contribution in [-0.4, -0.2) is 41.6 Å². The topological polar surface area (TPSA) is 72.8 Å². The number of hydrogen-bond donors (Lipinski definition) is 0. The number of thioether (sulfide) groups is 1. The van der Waals surface area contributed by atoms with Crippen molar-refractivity contribution in [3.05, 3.63) is 97.0 Å². The molecule has 1 atom stereocenters. The van der Waals surface area contributed by atoms with Gasteiger partial charge in [0, 0.05) is 51.8 Å². The molecule has 0 aliphatic rings. The monoisotopic (exact) mass is 525 g/mol. The molecule has 186 valence electrons. The van der Waals surface area contributed by atoms with Gasteiger partial charge in [0.15, 0.2) is 0 Å². The molecule has 3 aromatic carbocycles. The minimum atomic E-state index is -3.11. The van der Waals surface area contributed by atoms with Gasteiger partial charge in [-0.15, -0.1) is 11.8 Å². The Morgan fingerprint density at radius 2 is 1.49 bits per heavy atom. The van der Waals surface area contributed by atoms with E-state index in [4.69, 9.17) is 4.98 Å². The fraction of sp³-hybridized carbons (Fsp3) is 0.167. The lowest BCUT2D eigenvalue weighted by Gasteiger charge is -2.16. The summed E-state index contributed by atoms with van der Waals surface area (Å²) in [7, 11) is -3.11. The second-order valence-corrected chi connectivity index (χ2v) is 12.3. The van der Waals surface area contributed by atoms with E-state index in [2.05, 4.69) is 58.7 Å². The van der Waals surface area contributed by atoms with Gasteiger partial charge < -0.3 is 0 Å². The molecule has 37 heavy (non-hydrogen) atoms. The van der Waals surface area contributed by atoms with Crippen LogP contribution >= 0.6 is 11.8 Å². The minimum absolute atomic E-state index is 0.0938. The zero-order chi connectivity index (χ0) is 26.0. The smallest absolute Gasteiger partial charge is 0.148 e. The molecule has 0 saturated carbocycles. The lowest BCUT2D eigenvalue weighted by molar-refractivity contribution is 0.596. The Morgan fingerprint density at radius 1 is 0.784 bits per heavy atom. The first-order valence-corrected chi connectivity index (χ1v) is 15.2. The number of pyridine rings is 1. The van der Waals surface area contributed by atoms with Gasteiger partial charge in [0.2, 0.25) is 0 Å². The highest BCUT2D eigenvalue weighted by atomic mass is 32.2. The van der Waals surface area contributed by atoms with Crippen molar-refractivity contribution in [1.29, 1.82) is 0 Å². The number of hydrogen-bond acceptors (Lipinski definition) is 6. The first-order chi connectivity index (χ1) is 17.8. The molecule has 5 nitrogen and oxygen atoms in total. The molecule has 0 saturated heterocycles. The highest BCUT2D eigenvalue weighted by Gasteiger charge is 2.17. The highest BCUT2D eigenvalue weighted by molar-refractivity contribution is 7.98. The summed E-state index contributed by atoms with van der Waals surface area (Å²) in [6.07, 6.45) is 8.56. The number of nitrogens with zero attached hydrogens (tertiary/aromatic N) is 3. The van der Waals surface area contributed by atoms with Gasteiger partial charge in [0.25, 0.3) is 0 Å². The van der Waals surface area contributed by atoms with Crippen molar-refractivity contribution in [2.75, 3.05) is 18.3 Å². The van der Waals surface area contributed by atoms with Crippen LogP contribution in [0.3, 0.4) is 0 Å². The summed E-state index contributed by atoms with van der Waals surface area (Å²) >= 11 is 1.70. The van der Waals surface area contributed by atoms with Gasteiger partial charge in [-0.1, -0.05) is 43.3 Å². The third kappa shape index (κ3) is 5.58. The van der Waals surface area contributed by atoms with Crippen molar-refractivity contribution >= 4 is 32.5 Å². The zero-order valence-corrected chi connectivity index (χ0v) is 22.6. The Morgan fingerprint density at radius 3 is 2.19 bits per heavy atom. The summed E-state index contributed by atoms with van der Waals surface area (Å²) in [6, 6.07) is 24.6. The number of sulfone groups is 1. The molecule has 0 fully saturated rings. The predicted molar refractivity (Wildman–Crippen MR) is 154 cm³/mol. The third-order valence-corrected chi connectivity index (χ3v) is 8.21. The summed E-state index contributed by atoms with van der Waals surface area (Å²) < 4.78 is 24.0. The van der Waals surface area contributed by atoms with Crippen molar-refractivity contribution in [1.82, 2.24) is 15.0 Å². The molecule has 0 spiro atoms. The van der Waals surface area contributed by atoms with E-state index < -0.39 is 9.84 Å². The van der Waals surface area contributed by atoms with E-state index in [1.165, 1.54) is 11.2 Å². The standard InChI is InChI=1S/C30H27N3O2S2/c1-20(19-37(3,34)35)25-17-23-8-5-13-31-28(23)27(18-25)22-6-4-7-24(16-22)30-29(32-14-15-33-30)21-9-11-26(36-2)12-10-21/h4-18,20H,19H2,1-3H3. The van der Waals surface area contributed by atoms with Crippen molar-refractivity contribution in [2.24, 2.45) is 0 Å². The molecule has 7 heteroatoms. The SMILES string of the molecule is CSc1ccc(-c2nccnc2-c2cccc(-c3cc(C(C)CS(C)(=O)=O)cc4cccnc34)c2)cc1. The Kier molecular flexibility index (Phi) is 7.09. The molecule has 5 rings (SSSR count). The Bertz CT molecular complexity index is 1680. The number of fused-ring (bicyclic) bond motifs is 1. The summed E-state index contributed by atoms with van der Waals surface area (Å²) in [5, 5.41) is 0.981. The summed E-state index contributed by atoms with van der Waals surface area (Å²) in [5.74, 6) is -0.0475. The molecule has 0 amide bonds. The fourth-order valence-electron chi connectivity index (χ4n) is 4.61. The summed E-state index contributed by atoms with van der Waals surface area (Å²) in [6.45, 7) is 1.95. The normalized spacial score (nSPS) is 12.5. The van der Waals surface area contributed by atoms with Crippen LogP contribution in [0.25, 0.3) is 44.5 Å². The maximum atomic E-state index is 12.0. The van der Waals surface area contributed by atoms with Gasteiger partial charge in [0.05, 0.1) is 22.7 Å². The molecule has 0 bridgehead atoms. The molecule has 2 aromatic heterocycles. The van der Waals surface area contributed by atoms with Crippen molar-refractivity contribution in [2.45, 2.75) is 17.7 Å². The van der Waals surface area contributed by atoms with Crippen molar-refractivity contribution < 1.29 is 8.42 Å². The number of rotatable bonds is 7. The van der Waals surface area contributed by atoms with E-state index in [1.54, 1.807) is 30.4 Å². The van der Waals surface area contributed by atoms with Gasteiger partial charge in [-0.3, -0.25) is 15.0 Å². The van der Waals surface area contributed by atoms with Crippen LogP contribution in [0, 0.1) is 0 Å². The van der Waals surface area contributed by atoms with E-state index in [-0.39, 0.29) is 11.7 Å². The quantitative estimate of drug-likeness (QED) is 0.215.